The molecule has 4 heteroatoms. The first-order valence-electron chi connectivity index (χ1n) is 8.46. The fourth-order valence-electron chi connectivity index (χ4n) is 3.76. The summed E-state index contributed by atoms with van der Waals surface area (Å²) in [6.07, 6.45) is 5.80. The molecule has 1 saturated heterocycles. The van der Waals surface area contributed by atoms with E-state index in [1.807, 2.05) is 0 Å². The monoisotopic (exact) mass is 295 g/mol. The van der Waals surface area contributed by atoms with Crippen molar-refractivity contribution in [2.45, 2.75) is 65.3 Å². The highest BCUT2D eigenvalue weighted by molar-refractivity contribution is 5.86. The number of esters is 1. The van der Waals surface area contributed by atoms with Gasteiger partial charge in [0.25, 0.3) is 0 Å². The molecule has 1 heterocycles. The lowest BCUT2D eigenvalue weighted by atomic mass is 9.69. The van der Waals surface area contributed by atoms with Gasteiger partial charge in [-0.05, 0) is 49.9 Å². The summed E-state index contributed by atoms with van der Waals surface area (Å²) in [5, 5.41) is 2.97. The second kappa shape index (κ2) is 7.28. The topological polar surface area (TPSA) is 55.4 Å². The minimum absolute atomic E-state index is 0.0461. The Kier molecular flexibility index (Phi) is 5.65. The van der Waals surface area contributed by atoms with Gasteiger partial charge in [-0.3, -0.25) is 4.79 Å². The summed E-state index contributed by atoms with van der Waals surface area (Å²) in [5.41, 5.74) is 0. The maximum Gasteiger partial charge on any atom is 0.328 e. The minimum atomic E-state index is -0.440. The summed E-state index contributed by atoms with van der Waals surface area (Å²) in [4.78, 5) is 24.5. The molecule has 1 saturated carbocycles. The highest BCUT2D eigenvalue weighted by Gasteiger charge is 2.37. The van der Waals surface area contributed by atoms with E-state index in [9.17, 15) is 9.59 Å². The van der Waals surface area contributed by atoms with Crippen LogP contribution in [-0.2, 0) is 14.3 Å². The summed E-state index contributed by atoms with van der Waals surface area (Å²) < 4.78 is 5.15. The van der Waals surface area contributed by atoms with Crippen molar-refractivity contribution in [3.05, 3.63) is 0 Å². The third-order valence-corrected chi connectivity index (χ3v) is 5.09. The molecular weight excluding hydrogens is 266 g/mol. The van der Waals surface area contributed by atoms with E-state index in [1.54, 1.807) is 0 Å². The fourth-order valence-corrected chi connectivity index (χ4v) is 3.76. The SMILES string of the molecule is CC(C)[C@@H]1CC[C@@H](C)C[C@H]1C(=O)N[C@H]1CCCCOC1=O. The van der Waals surface area contributed by atoms with E-state index in [2.05, 4.69) is 26.1 Å². The van der Waals surface area contributed by atoms with E-state index in [4.69, 9.17) is 4.74 Å². The molecular formula is C17H29NO3. The van der Waals surface area contributed by atoms with E-state index < -0.39 is 6.04 Å². The standard InChI is InChI=1S/C17H29NO3/c1-11(2)13-8-7-12(3)10-14(13)16(19)18-15-6-4-5-9-21-17(15)20/h11-15H,4-10H2,1-3H3,(H,18,19)/t12-,13+,14-,15+/m1/s1. The molecule has 120 valence electrons. The lowest BCUT2D eigenvalue weighted by molar-refractivity contribution is -0.148. The summed E-state index contributed by atoms with van der Waals surface area (Å²) in [6.45, 7) is 7.10. The van der Waals surface area contributed by atoms with E-state index >= 15 is 0 Å². The molecule has 0 aromatic carbocycles. The fraction of sp³-hybridized carbons (Fsp3) is 0.882. The first-order chi connectivity index (χ1) is 9.99. The van der Waals surface area contributed by atoms with Crippen molar-refractivity contribution in [2.75, 3.05) is 6.61 Å². The molecule has 0 bridgehead atoms. The predicted octanol–water partition coefficient (Wildman–Crippen LogP) is 2.91. The lowest BCUT2D eigenvalue weighted by Crippen LogP contribution is -2.47. The van der Waals surface area contributed by atoms with Gasteiger partial charge in [0.1, 0.15) is 6.04 Å². The molecule has 1 N–H and O–H groups in total. The van der Waals surface area contributed by atoms with E-state index in [1.165, 1.54) is 6.42 Å². The number of carbonyl (C=O) groups excluding carboxylic acids is 2. The highest BCUT2D eigenvalue weighted by Crippen LogP contribution is 2.38. The minimum Gasteiger partial charge on any atom is -0.464 e. The van der Waals surface area contributed by atoms with Crippen LogP contribution in [0.5, 0.6) is 0 Å². The molecule has 0 aromatic rings. The van der Waals surface area contributed by atoms with Crippen LogP contribution < -0.4 is 5.32 Å². The van der Waals surface area contributed by atoms with Crippen LogP contribution in [0.2, 0.25) is 0 Å². The number of amides is 1. The van der Waals surface area contributed by atoms with Gasteiger partial charge in [-0.15, -0.1) is 0 Å². The van der Waals surface area contributed by atoms with Crippen LogP contribution >= 0.6 is 0 Å². The van der Waals surface area contributed by atoms with Gasteiger partial charge in [-0.1, -0.05) is 27.2 Å². The molecule has 1 aliphatic carbocycles. The van der Waals surface area contributed by atoms with Crippen molar-refractivity contribution < 1.29 is 14.3 Å². The predicted molar refractivity (Wildman–Crippen MR) is 81.6 cm³/mol. The number of carbonyl (C=O) groups is 2. The first-order valence-corrected chi connectivity index (χ1v) is 8.46. The van der Waals surface area contributed by atoms with Crippen LogP contribution in [0.1, 0.15) is 59.3 Å². The second-order valence-corrected chi connectivity index (χ2v) is 7.16. The molecule has 0 spiro atoms. The van der Waals surface area contributed by atoms with Crippen molar-refractivity contribution in [3.63, 3.8) is 0 Å². The molecule has 0 aromatic heterocycles. The Morgan fingerprint density at radius 2 is 2.00 bits per heavy atom. The number of cyclic esters (lactones) is 1. The molecule has 21 heavy (non-hydrogen) atoms. The average Bonchev–Trinajstić information content (AvgIpc) is 2.63. The quantitative estimate of drug-likeness (QED) is 0.815. The van der Waals surface area contributed by atoms with Gasteiger partial charge in [0.15, 0.2) is 0 Å². The Labute approximate surface area is 128 Å². The Morgan fingerprint density at radius 3 is 2.71 bits per heavy atom. The normalized spacial score (nSPS) is 34.2. The van der Waals surface area contributed by atoms with Gasteiger partial charge in [0.05, 0.1) is 6.61 Å². The van der Waals surface area contributed by atoms with Gasteiger partial charge >= 0.3 is 5.97 Å². The lowest BCUT2D eigenvalue weighted by Gasteiger charge is -2.36. The Morgan fingerprint density at radius 1 is 1.24 bits per heavy atom. The van der Waals surface area contributed by atoms with Crippen molar-refractivity contribution in [1.29, 1.82) is 0 Å². The molecule has 4 nitrogen and oxygen atoms in total. The van der Waals surface area contributed by atoms with E-state index in [0.29, 0.717) is 30.8 Å². The molecule has 2 aliphatic rings. The van der Waals surface area contributed by atoms with Gasteiger partial charge in [-0.25, -0.2) is 4.79 Å². The summed E-state index contributed by atoms with van der Waals surface area (Å²) in [5.74, 6) is 1.38. The third kappa shape index (κ3) is 4.21. The zero-order chi connectivity index (χ0) is 15.4. The summed E-state index contributed by atoms with van der Waals surface area (Å²) >= 11 is 0. The van der Waals surface area contributed by atoms with Crippen LogP contribution in [0.25, 0.3) is 0 Å². The summed E-state index contributed by atoms with van der Waals surface area (Å²) in [7, 11) is 0. The number of rotatable bonds is 3. The highest BCUT2D eigenvalue weighted by atomic mass is 16.5. The molecule has 1 aliphatic heterocycles. The van der Waals surface area contributed by atoms with Crippen molar-refractivity contribution in [3.8, 4) is 0 Å². The summed E-state index contributed by atoms with van der Waals surface area (Å²) in [6, 6.07) is -0.440. The molecule has 4 atom stereocenters. The molecule has 2 fully saturated rings. The molecule has 0 unspecified atom stereocenters. The van der Waals surface area contributed by atoms with Crippen LogP contribution in [0.3, 0.4) is 0 Å². The average molecular weight is 295 g/mol. The zero-order valence-electron chi connectivity index (χ0n) is 13.6. The van der Waals surface area contributed by atoms with Crippen molar-refractivity contribution in [2.24, 2.45) is 23.7 Å². The van der Waals surface area contributed by atoms with Gasteiger partial charge in [-0.2, -0.15) is 0 Å². The van der Waals surface area contributed by atoms with E-state index in [0.717, 1.165) is 25.7 Å². The maximum absolute atomic E-state index is 12.7. The largest absolute Gasteiger partial charge is 0.464 e. The van der Waals surface area contributed by atoms with Crippen LogP contribution in [0.15, 0.2) is 0 Å². The number of ether oxygens (including phenoxy) is 1. The van der Waals surface area contributed by atoms with Gasteiger partial charge in [0, 0.05) is 5.92 Å². The smallest absolute Gasteiger partial charge is 0.328 e. The maximum atomic E-state index is 12.7. The Hall–Kier alpha value is -1.06. The van der Waals surface area contributed by atoms with Gasteiger partial charge < -0.3 is 10.1 Å². The molecule has 1 amide bonds. The van der Waals surface area contributed by atoms with Crippen LogP contribution in [0.4, 0.5) is 0 Å². The van der Waals surface area contributed by atoms with Crippen molar-refractivity contribution in [1.82, 2.24) is 5.32 Å². The van der Waals surface area contributed by atoms with Gasteiger partial charge in [0.2, 0.25) is 5.91 Å². The van der Waals surface area contributed by atoms with Crippen molar-refractivity contribution >= 4 is 11.9 Å². The Balaban J connectivity index is 2.00. The zero-order valence-corrected chi connectivity index (χ0v) is 13.6. The number of hydrogen-bond acceptors (Lipinski definition) is 3. The van der Waals surface area contributed by atoms with Crippen LogP contribution in [0, 0.1) is 23.7 Å². The Bertz CT molecular complexity index is 380. The molecule has 0 radical (unpaired) electrons. The molecule has 2 rings (SSSR count). The third-order valence-electron chi connectivity index (χ3n) is 5.09. The first kappa shape index (κ1) is 16.3. The van der Waals surface area contributed by atoms with E-state index in [-0.39, 0.29) is 17.8 Å². The van der Waals surface area contributed by atoms with Crippen LogP contribution in [-0.4, -0.2) is 24.5 Å². The number of nitrogens with one attached hydrogen (secondary N) is 1. The second-order valence-electron chi connectivity index (χ2n) is 7.16. The number of hydrogen-bond donors (Lipinski definition) is 1.